The van der Waals surface area contributed by atoms with E-state index < -0.39 is 5.82 Å². The van der Waals surface area contributed by atoms with Crippen LogP contribution in [0.25, 0.3) is 38.1 Å². The van der Waals surface area contributed by atoms with Gasteiger partial charge in [0, 0.05) is 16.2 Å². The van der Waals surface area contributed by atoms with Crippen LogP contribution in [0.3, 0.4) is 0 Å². The van der Waals surface area contributed by atoms with E-state index in [0.29, 0.717) is 0 Å². The lowest BCUT2D eigenvalue weighted by Gasteiger charge is -2.19. The van der Waals surface area contributed by atoms with Gasteiger partial charge < -0.3 is 9.14 Å². The molecule has 0 radical (unpaired) electrons. The van der Waals surface area contributed by atoms with Crippen LogP contribution in [0, 0.1) is 9.39 Å². The van der Waals surface area contributed by atoms with Crippen molar-refractivity contribution in [1.29, 1.82) is 0 Å². The number of rotatable bonds is 1. The molecule has 0 amide bonds. The lowest BCUT2D eigenvalue weighted by atomic mass is 9.86. The third-order valence-corrected chi connectivity index (χ3v) is 6.67. The molecule has 0 saturated heterocycles. The molecular weight excluding hydrogens is 488 g/mol. The van der Waals surface area contributed by atoms with Gasteiger partial charge in [-0.05, 0) is 63.9 Å². The highest BCUT2D eigenvalue weighted by atomic mass is 127. The summed E-state index contributed by atoms with van der Waals surface area (Å²) in [5.74, 6) is 0.456. The van der Waals surface area contributed by atoms with Crippen LogP contribution in [0.4, 0.5) is 4.39 Å². The Morgan fingerprint density at radius 1 is 1.00 bits per heavy atom. The van der Waals surface area contributed by atoms with Crippen molar-refractivity contribution in [2.45, 2.75) is 26.2 Å². The van der Waals surface area contributed by atoms with Gasteiger partial charge in [-0.25, -0.2) is 4.39 Å². The van der Waals surface area contributed by atoms with Crippen molar-refractivity contribution in [2.24, 2.45) is 0 Å². The zero-order valence-electron chi connectivity index (χ0n) is 16.0. The number of benzene rings is 3. The van der Waals surface area contributed by atoms with Crippen molar-refractivity contribution in [3.8, 4) is 5.75 Å². The van der Waals surface area contributed by atoms with Crippen molar-refractivity contribution in [1.82, 2.24) is 4.40 Å². The number of hydrogen-bond acceptors (Lipinski definition) is 1. The van der Waals surface area contributed by atoms with E-state index in [1.165, 1.54) is 11.6 Å². The summed E-state index contributed by atoms with van der Waals surface area (Å²) in [6.07, 6.45) is 0. The molecule has 142 valence electrons. The largest absolute Gasteiger partial charge is 0.495 e. The fourth-order valence-electron chi connectivity index (χ4n) is 4.21. The van der Waals surface area contributed by atoms with E-state index in [2.05, 4.69) is 72.0 Å². The lowest BCUT2D eigenvalue weighted by Crippen LogP contribution is -2.10. The van der Waals surface area contributed by atoms with Gasteiger partial charge in [0.05, 0.1) is 37.6 Å². The normalized spacial score (nSPS) is 12.8. The van der Waals surface area contributed by atoms with Crippen molar-refractivity contribution in [3.63, 3.8) is 0 Å². The predicted molar refractivity (Wildman–Crippen MR) is 124 cm³/mol. The van der Waals surface area contributed by atoms with Crippen molar-refractivity contribution in [2.75, 3.05) is 7.11 Å². The molecule has 0 atom stereocenters. The molecule has 0 aliphatic carbocycles. The van der Waals surface area contributed by atoms with E-state index in [1.807, 2.05) is 0 Å². The quantitative estimate of drug-likeness (QED) is 0.215. The molecule has 5 heteroatoms. The molecule has 0 aliphatic heterocycles. The van der Waals surface area contributed by atoms with Crippen LogP contribution in [-0.4, -0.2) is 11.5 Å². The number of nitrogens with zero attached hydrogens (tertiary/aromatic N) is 1. The Labute approximate surface area is 180 Å². The van der Waals surface area contributed by atoms with Gasteiger partial charge in [0.15, 0.2) is 0 Å². The van der Waals surface area contributed by atoms with Gasteiger partial charge in [0.25, 0.3) is 0 Å². The molecule has 0 bridgehead atoms. The lowest BCUT2D eigenvalue weighted by molar-refractivity contribution is 0.417. The Morgan fingerprint density at radius 2 is 1.75 bits per heavy atom. The number of hydrogen-bond donors (Lipinski definition) is 0. The average molecular weight is 506 g/mol. The first kappa shape index (κ1) is 18.3. The summed E-state index contributed by atoms with van der Waals surface area (Å²) in [5, 5.41) is 4.22. The van der Waals surface area contributed by atoms with Crippen molar-refractivity contribution in [3.05, 3.63) is 56.4 Å². The number of aromatic nitrogens is 1. The average Bonchev–Trinajstić information content (AvgIpc) is 3.11. The van der Waals surface area contributed by atoms with Gasteiger partial charge in [-0.3, -0.25) is 0 Å². The van der Waals surface area contributed by atoms with Crippen molar-refractivity contribution >= 4 is 72.3 Å². The first-order valence-electron chi connectivity index (χ1n) is 9.07. The van der Waals surface area contributed by atoms with Crippen molar-refractivity contribution < 1.29 is 9.13 Å². The van der Waals surface area contributed by atoms with Gasteiger partial charge >= 0.3 is 0 Å². The molecule has 5 aromatic rings. The third-order valence-electron chi connectivity index (χ3n) is 5.58. The minimum absolute atomic E-state index is 0.0368. The molecule has 3 aromatic carbocycles. The van der Waals surface area contributed by atoms with E-state index in [4.69, 9.17) is 16.3 Å². The van der Waals surface area contributed by atoms with Crippen LogP contribution >= 0.6 is 34.2 Å². The van der Waals surface area contributed by atoms with Gasteiger partial charge in [0.1, 0.15) is 11.6 Å². The van der Waals surface area contributed by atoms with E-state index >= 15 is 0 Å². The Morgan fingerprint density at radius 3 is 2.43 bits per heavy atom. The molecule has 2 aromatic heterocycles. The Kier molecular flexibility index (Phi) is 3.82. The van der Waals surface area contributed by atoms with E-state index in [9.17, 15) is 4.39 Å². The van der Waals surface area contributed by atoms with Crippen LogP contribution in [0.15, 0.2) is 36.4 Å². The maximum Gasteiger partial charge on any atom is 0.142 e. The molecule has 0 fully saturated rings. The zero-order chi connectivity index (χ0) is 20.0. The maximum atomic E-state index is 14.3. The van der Waals surface area contributed by atoms with E-state index in [1.54, 1.807) is 13.2 Å². The second kappa shape index (κ2) is 5.86. The second-order valence-corrected chi connectivity index (χ2v) is 9.83. The van der Waals surface area contributed by atoms with Crippen LogP contribution in [0.1, 0.15) is 26.3 Å². The monoisotopic (exact) mass is 505 g/mol. The fraction of sp³-hybridized carbons (Fsp3) is 0.217. The molecule has 2 heterocycles. The highest BCUT2D eigenvalue weighted by Crippen LogP contribution is 2.46. The Hall–Kier alpha value is -1.79. The summed E-state index contributed by atoms with van der Waals surface area (Å²) in [6.45, 7) is 6.64. The minimum Gasteiger partial charge on any atom is -0.495 e. The molecule has 0 unspecified atom stereocenters. The molecule has 2 nitrogen and oxygen atoms in total. The summed E-state index contributed by atoms with van der Waals surface area (Å²) < 4.78 is 23.3. The van der Waals surface area contributed by atoms with E-state index in [0.717, 1.165) is 47.4 Å². The topological polar surface area (TPSA) is 13.6 Å². The molecule has 5 rings (SSSR count). The molecule has 28 heavy (non-hydrogen) atoms. The number of fused-ring (bicyclic) bond motifs is 6. The fourth-order valence-corrected chi connectivity index (χ4v) is 5.17. The second-order valence-electron chi connectivity index (χ2n) is 8.26. The van der Waals surface area contributed by atoms with Crippen LogP contribution in [0.2, 0.25) is 5.02 Å². The first-order valence-corrected chi connectivity index (χ1v) is 10.5. The Bertz CT molecular complexity index is 1410. The molecular formula is C23H18ClFINO. The number of methoxy groups -OCH3 is 1. The van der Waals surface area contributed by atoms with E-state index in [-0.39, 0.29) is 10.4 Å². The molecule has 0 N–H and O–H groups in total. The summed E-state index contributed by atoms with van der Waals surface area (Å²) in [5.41, 5.74) is 4.34. The smallest absolute Gasteiger partial charge is 0.142 e. The standard InChI is InChI=1S/C23H18ClFINO/c1-23(2,3)11-5-6-18-14(7-11)20-21-13(9-17(26)22(20)28-4)12-8-16(25)15(24)10-19(12)27(18)21/h5-10H,1-4H3. The SMILES string of the molecule is COc1c(I)cc2c3cc(F)c(Cl)cc3n3c4ccc(C(C)(C)C)cc4c1c23. The van der Waals surface area contributed by atoms with Crippen LogP contribution in [0.5, 0.6) is 5.75 Å². The summed E-state index contributed by atoms with van der Waals surface area (Å²) in [4.78, 5) is 0. The van der Waals surface area contributed by atoms with Crippen LogP contribution in [-0.2, 0) is 5.41 Å². The summed E-state index contributed by atoms with van der Waals surface area (Å²) >= 11 is 8.44. The van der Waals surface area contributed by atoms with Crippen LogP contribution < -0.4 is 4.74 Å². The van der Waals surface area contributed by atoms with Gasteiger partial charge in [-0.15, -0.1) is 0 Å². The predicted octanol–water partition coefficient (Wildman–Crippen LogP) is 7.54. The molecule has 0 spiro atoms. The first-order chi connectivity index (χ1) is 13.2. The van der Waals surface area contributed by atoms with Gasteiger partial charge in [-0.2, -0.15) is 0 Å². The number of halogens is 3. The summed E-state index contributed by atoms with van der Waals surface area (Å²) in [6, 6.07) is 11.9. The highest BCUT2D eigenvalue weighted by Gasteiger charge is 2.24. The minimum atomic E-state index is -0.399. The van der Waals surface area contributed by atoms with Gasteiger partial charge in [0.2, 0.25) is 0 Å². The Balaban J connectivity index is 2.12. The third kappa shape index (κ3) is 2.31. The highest BCUT2D eigenvalue weighted by molar-refractivity contribution is 14.1. The number of ether oxygens (including phenoxy) is 1. The summed E-state index contributed by atoms with van der Waals surface area (Å²) in [7, 11) is 1.70. The maximum absolute atomic E-state index is 14.3. The molecule has 0 aliphatic rings. The molecule has 0 saturated carbocycles. The zero-order valence-corrected chi connectivity index (χ0v) is 18.9. The van der Waals surface area contributed by atoms with Gasteiger partial charge in [-0.1, -0.05) is 38.4 Å².